The van der Waals surface area contributed by atoms with Crippen molar-refractivity contribution in [2.24, 2.45) is 5.92 Å². The summed E-state index contributed by atoms with van der Waals surface area (Å²) < 4.78 is 11.1. The molecule has 1 atom stereocenters. The second-order valence-corrected chi connectivity index (χ2v) is 8.03. The average Bonchev–Trinajstić information content (AvgIpc) is 3.28. The minimum atomic E-state index is 0.363. The Bertz CT molecular complexity index is 761. The van der Waals surface area contributed by atoms with E-state index >= 15 is 0 Å². The van der Waals surface area contributed by atoms with E-state index in [9.17, 15) is 0 Å². The van der Waals surface area contributed by atoms with Gasteiger partial charge < -0.3 is 14.4 Å². The van der Waals surface area contributed by atoms with E-state index in [-0.39, 0.29) is 0 Å². The van der Waals surface area contributed by atoms with E-state index in [1.54, 1.807) is 0 Å². The van der Waals surface area contributed by atoms with Crippen LogP contribution in [0.2, 0.25) is 0 Å². The van der Waals surface area contributed by atoms with E-state index in [2.05, 4.69) is 33.0 Å². The zero-order chi connectivity index (χ0) is 18.1. The second-order valence-electron chi connectivity index (χ2n) is 8.03. The van der Waals surface area contributed by atoms with Crippen LogP contribution in [0.1, 0.15) is 23.1 Å². The predicted molar refractivity (Wildman–Crippen MR) is 104 cm³/mol. The Morgan fingerprint density at radius 3 is 2.48 bits per heavy atom. The van der Waals surface area contributed by atoms with E-state index in [4.69, 9.17) is 9.47 Å². The van der Waals surface area contributed by atoms with Crippen LogP contribution in [0, 0.1) is 5.92 Å². The highest BCUT2D eigenvalue weighted by Crippen LogP contribution is 2.36. The number of aromatic nitrogens is 1. The number of nitrogens with zero attached hydrogens (tertiary/aromatic N) is 3. The largest absolute Gasteiger partial charge is 0.454 e. The van der Waals surface area contributed by atoms with E-state index in [0.717, 1.165) is 49.9 Å². The van der Waals surface area contributed by atoms with Crippen LogP contribution in [-0.2, 0) is 19.4 Å². The monoisotopic (exact) mass is 365 g/mol. The molecule has 0 N–H and O–H groups in total. The first-order valence-corrected chi connectivity index (χ1v) is 10.1. The Morgan fingerprint density at radius 2 is 1.78 bits per heavy atom. The highest BCUT2D eigenvalue weighted by atomic mass is 16.7. The number of likely N-dealkylation sites (tertiary alicyclic amines) is 1. The minimum Gasteiger partial charge on any atom is -0.454 e. The van der Waals surface area contributed by atoms with Gasteiger partial charge >= 0.3 is 0 Å². The smallest absolute Gasteiger partial charge is 0.231 e. The van der Waals surface area contributed by atoms with Gasteiger partial charge in [0.15, 0.2) is 11.5 Å². The number of ether oxygens (including phenoxy) is 2. The topological polar surface area (TPSA) is 37.8 Å². The molecule has 2 aromatic rings. The van der Waals surface area contributed by atoms with Gasteiger partial charge in [-0.05, 0) is 66.6 Å². The molecule has 1 aromatic carbocycles. The van der Waals surface area contributed by atoms with Crippen LogP contribution in [0.15, 0.2) is 36.7 Å². The Kier molecular flexibility index (Phi) is 4.72. The van der Waals surface area contributed by atoms with Crippen molar-refractivity contribution in [3.63, 3.8) is 0 Å². The zero-order valence-corrected chi connectivity index (χ0v) is 15.8. The first kappa shape index (κ1) is 17.0. The zero-order valence-electron chi connectivity index (χ0n) is 15.8. The summed E-state index contributed by atoms with van der Waals surface area (Å²) >= 11 is 0. The number of benzene rings is 1. The van der Waals surface area contributed by atoms with Gasteiger partial charge in [0.25, 0.3) is 0 Å². The van der Waals surface area contributed by atoms with Crippen LogP contribution in [-0.4, -0.2) is 54.3 Å². The highest BCUT2D eigenvalue weighted by Gasteiger charge is 2.26. The summed E-state index contributed by atoms with van der Waals surface area (Å²) in [6.07, 6.45) is 7.36. The Morgan fingerprint density at radius 1 is 1.00 bits per heavy atom. The van der Waals surface area contributed by atoms with Gasteiger partial charge in [-0.2, -0.15) is 0 Å². The van der Waals surface area contributed by atoms with Gasteiger partial charge in [0.05, 0.1) is 0 Å². The van der Waals surface area contributed by atoms with Crippen LogP contribution in [0.4, 0.5) is 0 Å². The average molecular weight is 365 g/mol. The van der Waals surface area contributed by atoms with Gasteiger partial charge in [-0.15, -0.1) is 0 Å². The van der Waals surface area contributed by atoms with Gasteiger partial charge in [-0.3, -0.25) is 9.88 Å². The molecule has 5 heteroatoms. The molecule has 1 saturated heterocycles. The summed E-state index contributed by atoms with van der Waals surface area (Å²) in [6.45, 7) is 7.30. The molecule has 1 fully saturated rings. The van der Waals surface area contributed by atoms with Crippen molar-refractivity contribution in [3.8, 4) is 11.5 Å². The van der Waals surface area contributed by atoms with Gasteiger partial charge in [0.2, 0.25) is 6.79 Å². The lowest BCUT2D eigenvalue weighted by molar-refractivity contribution is 0.174. The maximum atomic E-state index is 5.55. The molecule has 0 radical (unpaired) electrons. The molecule has 1 unspecified atom stereocenters. The molecular weight excluding hydrogens is 338 g/mol. The minimum absolute atomic E-state index is 0.363. The summed E-state index contributed by atoms with van der Waals surface area (Å²) in [5.41, 5.74) is 4.19. The Balaban J connectivity index is 1.16. The number of hydrogen-bond acceptors (Lipinski definition) is 5. The third kappa shape index (κ3) is 3.80. The summed E-state index contributed by atoms with van der Waals surface area (Å²) in [6, 6.07) is 8.61. The molecule has 3 aliphatic heterocycles. The van der Waals surface area contributed by atoms with Crippen molar-refractivity contribution in [1.82, 2.24) is 14.8 Å². The van der Waals surface area contributed by atoms with Gasteiger partial charge in [0.1, 0.15) is 0 Å². The molecule has 4 heterocycles. The van der Waals surface area contributed by atoms with Crippen LogP contribution >= 0.6 is 0 Å². The predicted octanol–water partition coefficient (Wildman–Crippen LogP) is 2.73. The van der Waals surface area contributed by atoms with Crippen molar-refractivity contribution in [2.45, 2.75) is 25.8 Å². The molecule has 0 amide bonds. The molecule has 0 bridgehead atoms. The molecule has 0 aliphatic carbocycles. The fourth-order valence-electron chi connectivity index (χ4n) is 4.66. The fourth-order valence-corrected chi connectivity index (χ4v) is 4.66. The standard InChI is InChI=1S/C22H27N3O2/c1-2-17(12-23-6-1)13-25-7-3-18(15-25)14-24-8-4-19-10-21-22(27-16-26-21)11-20(19)5-9-24/h1-2,6,10-12,18H,3-5,7-9,13-16H2. The van der Waals surface area contributed by atoms with Crippen LogP contribution < -0.4 is 9.47 Å². The molecule has 1 aromatic heterocycles. The van der Waals surface area contributed by atoms with E-state index < -0.39 is 0 Å². The molecule has 0 spiro atoms. The van der Waals surface area contributed by atoms with Crippen molar-refractivity contribution in [3.05, 3.63) is 53.3 Å². The summed E-state index contributed by atoms with van der Waals surface area (Å²) in [7, 11) is 0. The number of pyridine rings is 1. The van der Waals surface area contributed by atoms with Gasteiger partial charge in [0, 0.05) is 45.1 Å². The number of fused-ring (bicyclic) bond motifs is 2. The van der Waals surface area contributed by atoms with Crippen molar-refractivity contribution >= 4 is 0 Å². The Hall–Kier alpha value is -2.11. The molecule has 3 aliphatic rings. The SMILES string of the molecule is c1cncc(CN2CCC(CN3CCc4cc5c(cc4CC3)OCO5)C2)c1. The van der Waals surface area contributed by atoms with Crippen molar-refractivity contribution < 1.29 is 9.47 Å². The van der Waals surface area contributed by atoms with Crippen LogP contribution in [0.5, 0.6) is 11.5 Å². The lowest BCUT2D eigenvalue weighted by Crippen LogP contribution is -2.33. The summed E-state index contributed by atoms with van der Waals surface area (Å²) in [5, 5.41) is 0. The van der Waals surface area contributed by atoms with Gasteiger partial charge in [-0.25, -0.2) is 0 Å². The molecule has 5 rings (SSSR count). The molecule has 5 nitrogen and oxygen atoms in total. The second kappa shape index (κ2) is 7.49. The van der Waals surface area contributed by atoms with E-state index in [0.29, 0.717) is 6.79 Å². The molecule has 27 heavy (non-hydrogen) atoms. The maximum Gasteiger partial charge on any atom is 0.231 e. The lowest BCUT2D eigenvalue weighted by Gasteiger charge is -2.24. The molecule has 0 saturated carbocycles. The number of rotatable bonds is 4. The summed E-state index contributed by atoms with van der Waals surface area (Å²) in [4.78, 5) is 9.47. The van der Waals surface area contributed by atoms with Crippen molar-refractivity contribution in [1.29, 1.82) is 0 Å². The first-order chi connectivity index (χ1) is 13.3. The summed E-state index contributed by atoms with van der Waals surface area (Å²) in [5.74, 6) is 2.62. The molecular formula is C22H27N3O2. The number of hydrogen-bond donors (Lipinski definition) is 0. The van der Waals surface area contributed by atoms with E-state index in [1.807, 2.05) is 18.5 Å². The Labute approximate surface area is 160 Å². The fraction of sp³-hybridized carbons (Fsp3) is 0.500. The third-order valence-corrected chi connectivity index (χ3v) is 6.10. The maximum absolute atomic E-state index is 5.55. The normalized spacial score (nSPS) is 22.6. The van der Waals surface area contributed by atoms with Crippen LogP contribution in [0.3, 0.4) is 0 Å². The first-order valence-electron chi connectivity index (χ1n) is 10.1. The van der Waals surface area contributed by atoms with Gasteiger partial charge in [-0.1, -0.05) is 6.07 Å². The lowest BCUT2D eigenvalue weighted by atomic mass is 10.0. The van der Waals surface area contributed by atoms with Crippen molar-refractivity contribution in [2.75, 3.05) is 39.5 Å². The van der Waals surface area contributed by atoms with Crippen LogP contribution in [0.25, 0.3) is 0 Å². The van der Waals surface area contributed by atoms with E-state index in [1.165, 1.54) is 42.7 Å². The third-order valence-electron chi connectivity index (χ3n) is 6.10. The molecule has 142 valence electrons. The highest BCUT2D eigenvalue weighted by molar-refractivity contribution is 5.49. The quantitative estimate of drug-likeness (QED) is 0.833.